The third-order valence-electron chi connectivity index (χ3n) is 3.79. The van der Waals surface area contributed by atoms with Gasteiger partial charge in [-0.1, -0.05) is 42.5 Å². The number of aromatic nitrogens is 2. The van der Waals surface area contributed by atoms with Gasteiger partial charge in [0.25, 0.3) is 5.56 Å². The van der Waals surface area contributed by atoms with Gasteiger partial charge in [-0.2, -0.15) is 0 Å². The maximum Gasteiger partial charge on any atom is 0.306 e. The Morgan fingerprint density at radius 3 is 2.62 bits per heavy atom. The zero-order valence-corrected chi connectivity index (χ0v) is 13.4. The Bertz CT molecular complexity index is 903. The largest absolute Gasteiger partial charge is 0.454 e. The van der Waals surface area contributed by atoms with Crippen molar-refractivity contribution in [2.45, 2.75) is 25.9 Å². The van der Waals surface area contributed by atoms with E-state index in [0.29, 0.717) is 23.1 Å². The molecule has 1 aromatic heterocycles. The van der Waals surface area contributed by atoms with Gasteiger partial charge in [-0.15, -0.1) is 0 Å². The molecule has 0 bridgehead atoms. The fourth-order valence-electron chi connectivity index (χ4n) is 2.50. The van der Waals surface area contributed by atoms with Crippen LogP contribution >= 0.6 is 0 Å². The molecule has 0 unspecified atom stereocenters. The summed E-state index contributed by atoms with van der Waals surface area (Å²) in [6, 6.07) is 16.8. The Hall–Kier alpha value is -2.95. The lowest BCUT2D eigenvalue weighted by Crippen LogP contribution is -2.17. The molecular weight excluding hydrogens is 304 g/mol. The molecule has 1 N–H and O–H groups in total. The Kier molecular flexibility index (Phi) is 4.70. The van der Waals surface area contributed by atoms with Gasteiger partial charge in [0.1, 0.15) is 0 Å². The lowest BCUT2D eigenvalue weighted by molar-refractivity contribution is -0.148. The van der Waals surface area contributed by atoms with Crippen molar-refractivity contribution in [2.24, 2.45) is 0 Å². The van der Waals surface area contributed by atoms with E-state index >= 15 is 0 Å². The van der Waals surface area contributed by atoms with Gasteiger partial charge in [0.05, 0.1) is 10.9 Å². The molecule has 1 atom stereocenters. The van der Waals surface area contributed by atoms with Crippen LogP contribution in [-0.2, 0) is 16.0 Å². The highest BCUT2D eigenvalue weighted by molar-refractivity contribution is 5.77. The molecule has 3 rings (SSSR count). The standard InChI is InChI=1S/C19H18N2O3/c1-13(24-17(22)12-11-14-7-3-2-4-8-14)18-20-16-10-6-5-9-15(16)19(23)21-18/h2-10,13H,11-12H2,1H3,(H,20,21,23)/t13-/m1/s1. The summed E-state index contributed by atoms with van der Waals surface area (Å²) in [5.74, 6) is 0.0360. The maximum atomic E-state index is 12.1. The molecule has 0 saturated heterocycles. The van der Waals surface area contributed by atoms with Crippen LogP contribution in [0.5, 0.6) is 0 Å². The molecule has 0 radical (unpaired) electrons. The molecule has 24 heavy (non-hydrogen) atoms. The van der Waals surface area contributed by atoms with E-state index < -0.39 is 6.10 Å². The molecule has 0 amide bonds. The van der Waals surface area contributed by atoms with Gasteiger partial charge >= 0.3 is 5.97 Å². The minimum absolute atomic E-state index is 0.234. The third-order valence-corrected chi connectivity index (χ3v) is 3.79. The molecule has 0 saturated carbocycles. The van der Waals surface area contributed by atoms with Crippen LogP contribution in [0.2, 0.25) is 0 Å². The van der Waals surface area contributed by atoms with E-state index in [0.717, 1.165) is 5.56 Å². The van der Waals surface area contributed by atoms with Crippen LogP contribution in [-0.4, -0.2) is 15.9 Å². The summed E-state index contributed by atoms with van der Waals surface area (Å²) >= 11 is 0. The summed E-state index contributed by atoms with van der Waals surface area (Å²) in [6.45, 7) is 1.70. The zero-order valence-electron chi connectivity index (χ0n) is 13.4. The summed E-state index contributed by atoms with van der Waals surface area (Å²) in [5, 5.41) is 0.517. The van der Waals surface area contributed by atoms with Crippen LogP contribution in [0, 0.1) is 0 Å². The minimum atomic E-state index is -0.606. The molecule has 0 fully saturated rings. The highest BCUT2D eigenvalue weighted by Crippen LogP contribution is 2.15. The fraction of sp³-hybridized carbons (Fsp3) is 0.211. The number of hydrogen-bond donors (Lipinski definition) is 1. The van der Waals surface area contributed by atoms with Gasteiger partial charge in [0, 0.05) is 6.42 Å². The van der Waals surface area contributed by atoms with Crippen molar-refractivity contribution in [1.82, 2.24) is 9.97 Å². The topological polar surface area (TPSA) is 72.0 Å². The van der Waals surface area contributed by atoms with E-state index in [-0.39, 0.29) is 17.9 Å². The molecule has 0 aliphatic heterocycles. The van der Waals surface area contributed by atoms with E-state index in [4.69, 9.17) is 4.74 Å². The van der Waals surface area contributed by atoms with Crippen molar-refractivity contribution >= 4 is 16.9 Å². The Labute approximate surface area is 139 Å². The highest BCUT2D eigenvalue weighted by atomic mass is 16.5. The summed E-state index contributed by atoms with van der Waals surface area (Å²) in [4.78, 5) is 31.1. The number of aromatic amines is 1. The van der Waals surface area contributed by atoms with Crippen LogP contribution < -0.4 is 5.56 Å². The zero-order chi connectivity index (χ0) is 16.9. The Morgan fingerprint density at radius 1 is 1.12 bits per heavy atom. The van der Waals surface area contributed by atoms with Crippen LogP contribution in [0.1, 0.15) is 30.8 Å². The summed E-state index contributed by atoms with van der Waals surface area (Å²) in [5.41, 5.74) is 1.44. The van der Waals surface area contributed by atoms with Crippen LogP contribution in [0.3, 0.4) is 0 Å². The number of nitrogens with one attached hydrogen (secondary N) is 1. The van der Waals surface area contributed by atoms with Crippen LogP contribution in [0.15, 0.2) is 59.4 Å². The average molecular weight is 322 g/mol. The molecular formula is C19H18N2O3. The van der Waals surface area contributed by atoms with Crippen molar-refractivity contribution in [3.05, 3.63) is 76.3 Å². The van der Waals surface area contributed by atoms with Crippen molar-refractivity contribution in [3.8, 4) is 0 Å². The summed E-state index contributed by atoms with van der Waals surface area (Å²) in [7, 11) is 0. The first-order valence-corrected chi connectivity index (χ1v) is 7.86. The second kappa shape index (κ2) is 7.08. The van der Waals surface area contributed by atoms with Crippen molar-refractivity contribution in [2.75, 3.05) is 0 Å². The van der Waals surface area contributed by atoms with E-state index in [1.807, 2.05) is 36.4 Å². The number of H-pyrrole nitrogens is 1. The van der Waals surface area contributed by atoms with E-state index in [1.165, 1.54) is 0 Å². The molecule has 0 spiro atoms. The Morgan fingerprint density at radius 2 is 1.83 bits per heavy atom. The van der Waals surface area contributed by atoms with E-state index in [2.05, 4.69) is 9.97 Å². The monoisotopic (exact) mass is 322 g/mol. The number of nitrogens with zero attached hydrogens (tertiary/aromatic N) is 1. The fourth-order valence-corrected chi connectivity index (χ4v) is 2.50. The lowest BCUT2D eigenvalue weighted by Gasteiger charge is -2.13. The maximum absolute atomic E-state index is 12.1. The van der Waals surface area contributed by atoms with Crippen molar-refractivity contribution < 1.29 is 9.53 Å². The Balaban J connectivity index is 1.67. The third kappa shape index (κ3) is 3.68. The molecule has 0 aliphatic rings. The van der Waals surface area contributed by atoms with E-state index in [1.54, 1.807) is 25.1 Å². The first-order chi connectivity index (χ1) is 11.6. The molecule has 3 aromatic rings. The number of para-hydroxylation sites is 1. The van der Waals surface area contributed by atoms with Gasteiger partial charge in [-0.3, -0.25) is 9.59 Å². The van der Waals surface area contributed by atoms with E-state index in [9.17, 15) is 9.59 Å². The number of benzene rings is 2. The second-order valence-corrected chi connectivity index (χ2v) is 5.59. The lowest BCUT2D eigenvalue weighted by atomic mass is 10.1. The van der Waals surface area contributed by atoms with Crippen molar-refractivity contribution in [3.63, 3.8) is 0 Å². The number of aryl methyl sites for hydroxylation is 1. The van der Waals surface area contributed by atoms with Crippen LogP contribution in [0.4, 0.5) is 0 Å². The number of carbonyl (C=O) groups is 1. The van der Waals surface area contributed by atoms with Crippen molar-refractivity contribution in [1.29, 1.82) is 0 Å². The van der Waals surface area contributed by atoms with Gasteiger partial charge in [-0.05, 0) is 31.0 Å². The van der Waals surface area contributed by atoms with Gasteiger partial charge in [0.15, 0.2) is 11.9 Å². The molecule has 5 heteroatoms. The number of esters is 1. The highest BCUT2D eigenvalue weighted by Gasteiger charge is 2.15. The molecule has 1 heterocycles. The molecule has 122 valence electrons. The SMILES string of the molecule is C[C@@H](OC(=O)CCc1ccccc1)c1nc2ccccc2c(=O)[nH]1. The van der Waals surface area contributed by atoms with Gasteiger partial charge < -0.3 is 9.72 Å². The van der Waals surface area contributed by atoms with Gasteiger partial charge in [-0.25, -0.2) is 4.98 Å². The normalized spacial score (nSPS) is 12.0. The quantitative estimate of drug-likeness (QED) is 0.732. The number of ether oxygens (including phenoxy) is 1. The predicted molar refractivity (Wildman–Crippen MR) is 91.6 cm³/mol. The summed E-state index contributed by atoms with van der Waals surface area (Å²) < 4.78 is 5.39. The first-order valence-electron chi connectivity index (χ1n) is 7.86. The smallest absolute Gasteiger partial charge is 0.306 e. The number of rotatable bonds is 5. The molecule has 5 nitrogen and oxygen atoms in total. The first kappa shape index (κ1) is 15.9. The van der Waals surface area contributed by atoms with Gasteiger partial charge in [0.2, 0.25) is 0 Å². The molecule has 0 aliphatic carbocycles. The summed E-state index contributed by atoms with van der Waals surface area (Å²) in [6.07, 6.45) is 0.297. The average Bonchev–Trinajstić information content (AvgIpc) is 2.61. The number of hydrogen-bond acceptors (Lipinski definition) is 4. The predicted octanol–water partition coefficient (Wildman–Crippen LogP) is 3.16. The number of carbonyl (C=O) groups excluding carboxylic acids is 1. The molecule has 2 aromatic carbocycles. The minimum Gasteiger partial charge on any atom is -0.454 e. The number of fused-ring (bicyclic) bond motifs is 1. The van der Waals surface area contributed by atoms with Crippen LogP contribution in [0.25, 0.3) is 10.9 Å². The second-order valence-electron chi connectivity index (χ2n) is 5.59.